The smallest absolute Gasteiger partial charge is 0.266 e. The summed E-state index contributed by atoms with van der Waals surface area (Å²) in [6, 6.07) is 25.8. The second-order valence-electron chi connectivity index (χ2n) is 8.13. The molecule has 0 atom stereocenters. The summed E-state index contributed by atoms with van der Waals surface area (Å²) in [5.41, 5.74) is 5.40. The molecule has 3 aromatic carbocycles. The molecule has 0 aliphatic carbocycles. The Morgan fingerprint density at radius 3 is 2.31 bits per heavy atom. The number of rotatable bonds is 4. The van der Waals surface area contributed by atoms with Crippen LogP contribution in [0.4, 0.5) is 0 Å². The van der Waals surface area contributed by atoms with Gasteiger partial charge in [0.15, 0.2) is 5.82 Å². The maximum atomic E-state index is 13.2. The summed E-state index contributed by atoms with van der Waals surface area (Å²) in [5.74, 6) is 0.548. The van der Waals surface area contributed by atoms with E-state index in [0.29, 0.717) is 15.3 Å². The Hall–Kier alpha value is -3.88. The van der Waals surface area contributed by atoms with Gasteiger partial charge in [0.2, 0.25) is 4.96 Å². The number of hydrogen-bond donors (Lipinski definition) is 0. The van der Waals surface area contributed by atoms with E-state index >= 15 is 0 Å². The molecule has 8 heteroatoms. The highest BCUT2D eigenvalue weighted by molar-refractivity contribution is 9.10. The molecular weight excluding hydrogens is 522 g/mol. The van der Waals surface area contributed by atoms with Gasteiger partial charge in [-0.3, -0.25) is 4.79 Å². The van der Waals surface area contributed by atoms with E-state index in [0.717, 1.165) is 38.1 Å². The fourth-order valence-corrected chi connectivity index (χ4v) is 5.00. The van der Waals surface area contributed by atoms with Gasteiger partial charge in [0, 0.05) is 27.4 Å². The molecule has 0 saturated carbocycles. The van der Waals surface area contributed by atoms with Crippen LogP contribution in [0.15, 0.2) is 94.3 Å². The SMILES string of the molecule is Cc1ccc(-c2nc3s/c(=C\c4cn(-c5ccccc5)nc4-c4ccc(Br)cc4)c(=O)n3n2)cc1. The molecular formula is C27H18BrN5OS. The summed E-state index contributed by atoms with van der Waals surface area (Å²) in [7, 11) is 0. The van der Waals surface area contributed by atoms with Gasteiger partial charge in [-0.2, -0.15) is 14.6 Å². The van der Waals surface area contributed by atoms with Crippen molar-refractivity contribution < 1.29 is 0 Å². The summed E-state index contributed by atoms with van der Waals surface area (Å²) in [4.78, 5) is 18.4. The van der Waals surface area contributed by atoms with Gasteiger partial charge >= 0.3 is 0 Å². The lowest BCUT2D eigenvalue weighted by Crippen LogP contribution is -2.23. The Morgan fingerprint density at radius 2 is 1.60 bits per heavy atom. The van der Waals surface area contributed by atoms with E-state index in [1.807, 2.05) is 103 Å². The molecule has 3 heterocycles. The molecule has 0 aliphatic rings. The van der Waals surface area contributed by atoms with Crippen LogP contribution in [0.3, 0.4) is 0 Å². The highest BCUT2D eigenvalue weighted by Crippen LogP contribution is 2.26. The quantitative estimate of drug-likeness (QED) is 0.305. The first-order valence-corrected chi connectivity index (χ1v) is 12.6. The van der Waals surface area contributed by atoms with Gasteiger partial charge in [-0.1, -0.05) is 87.4 Å². The summed E-state index contributed by atoms with van der Waals surface area (Å²) < 4.78 is 4.76. The molecule has 0 aliphatic heterocycles. The van der Waals surface area contributed by atoms with E-state index in [1.54, 1.807) is 0 Å². The summed E-state index contributed by atoms with van der Waals surface area (Å²) in [6.07, 6.45) is 3.82. The van der Waals surface area contributed by atoms with Crippen molar-refractivity contribution in [2.24, 2.45) is 0 Å². The van der Waals surface area contributed by atoms with Gasteiger partial charge in [0.25, 0.3) is 5.56 Å². The van der Waals surface area contributed by atoms with Gasteiger partial charge in [0.1, 0.15) is 0 Å². The zero-order chi connectivity index (χ0) is 23.9. The Labute approximate surface area is 213 Å². The molecule has 0 unspecified atom stereocenters. The van der Waals surface area contributed by atoms with E-state index in [-0.39, 0.29) is 5.56 Å². The van der Waals surface area contributed by atoms with E-state index < -0.39 is 0 Å². The number of thiazole rings is 1. The van der Waals surface area contributed by atoms with Crippen molar-refractivity contribution in [2.75, 3.05) is 0 Å². The number of halogens is 1. The predicted molar refractivity (Wildman–Crippen MR) is 143 cm³/mol. The minimum Gasteiger partial charge on any atom is -0.266 e. The molecule has 6 nitrogen and oxygen atoms in total. The molecule has 0 spiro atoms. The maximum Gasteiger partial charge on any atom is 0.291 e. The molecule has 0 radical (unpaired) electrons. The van der Waals surface area contributed by atoms with Crippen molar-refractivity contribution in [1.29, 1.82) is 0 Å². The lowest BCUT2D eigenvalue weighted by Gasteiger charge is -2.00. The predicted octanol–water partition coefficient (Wildman–Crippen LogP) is 5.29. The van der Waals surface area contributed by atoms with Crippen LogP contribution < -0.4 is 10.1 Å². The van der Waals surface area contributed by atoms with Crippen LogP contribution in [0.1, 0.15) is 11.1 Å². The number of fused-ring (bicyclic) bond motifs is 1. The van der Waals surface area contributed by atoms with Crippen molar-refractivity contribution in [3.05, 3.63) is 116 Å². The number of para-hydroxylation sites is 1. The van der Waals surface area contributed by atoms with E-state index in [4.69, 9.17) is 5.10 Å². The second kappa shape index (κ2) is 8.72. The number of aryl methyl sites for hydroxylation is 1. The Morgan fingerprint density at radius 1 is 0.886 bits per heavy atom. The molecule has 0 amide bonds. The summed E-state index contributed by atoms with van der Waals surface area (Å²) in [6.45, 7) is 2.03. The first-order valence-electron chi connectivity index (χ1n) is 10.9. The number of benzene rings is 3. The molecule has 35 heavy (non-hydrogen) atoms. The minimum absolute atomic E-state index is 0.190. The molecule has 170 valence electrons. The van der Waals surface area contributed by atoms with Crippen LogP contribution in [-0.2, 0) is 0 Å². The number of nitrogens with zero attached hydrogens (tertiary/aromatic N) is 5. The van der Waals surface area contributed by atoms with Crippen LogP contribution in [0.25, 0.3) is 39.4 Å². The fraction of sp³-hybridized carbons (Fsp3) is 0.0370. The van der Waals surface area contributed by atoms with Crippen molar-refractivity contribution in [3.8, 4) is 28.3 Å². The van der Waals surface area contributed by atoms with Crippen molar-refractivity contribution in [1.82, 2.24) is 24.4 Å². The van der Waals surface area contributed by atoms with E-state index in [1.165, 1.54) is 15.9 Å². The van der Waals surface area contributed by atoms with Crippen LogP contribution in [-0.4, -0.2) is 24.4 Å². The third-order valence-corrected chi connectivity index (χ3v) is 7.15. The van der Waals surface area contributed by atoms with E-state index in [2.05, 4.69) is 26.0 Å². The summed E-state index contributed by atoms with van der Waals surface area (Å²) >= 11 is 4.82. The lowest BCUT2D eigenvalue weighted by atomic mass is 10.1. The third kappa shape index (κ3) is 4.11. The molecule has 0 fully saturated rings. The van der Waals surface area contributed by atoms with Crippen molar-refractivity contribution >= 4 is 38.3 Å². The standard InChI is InChI=1S/C27H18BrN5OS/c1-17-7-9-19(10-8-17)25-29-27-33(31-25)26(34)23(35-27)15-20-16-32(22-5-3-2-4-6-22)30-24(20)18-11-13-21(28)14-12-18/h2-16H,1H3/b23-15-. The monoisotopic (exact) mass is 539 g/mol. The lowest BCUT2D eigenvalue weighted by molar-refractivity contribution is 0.884. The normalized spacial score (nSPS) is 12.0. The first kappa shape index (κ1) is 21.6. The second-order valence-corrected chi connectivity index (χ2v) is 10.1. The minimum atomic E-state index is -0.190. The Kier molecular flexibility index (Phi) is 5.39. The highest BCUT2D eigenvalue weighted by atomic mass is 79.9. The zero-order valence-corrected chi connectivity index (χ0v) is 21.0. The molecule has 0 bridgehead atoms. The Bertz CT molecular complexity index is 1770. The molecule has 0 saturated heterocycles. The number of aromatic nitrogens is 5. The van der Waals surface area contributed by atoms with Gasteiger partial charge < -0.3 is 0 Å². The van der Waals surface area contributed by atoms with E-state index in [9.17, 15) is 4.79 Å². The average molecular weight is 540 g/mol. The topological polar surface area (TPSA) is 65.1 Å². The van der Waals surface area contributed by atoms with Crippen LogP contribution >= 0.6 is 27.3 Å². The zero-order valence-electron chi connectivity index (χ0n) is 18.6. The van der Waals surface area contributed by atoms with Crippen LogP contribution in [0, 0.1) is 6.92 Å². The fourth-order valence-electron chi connectivity index (χ4n) is 3.84. The van der Waals surface area contributed by atoms with Crippen LogP contribution in [0.2, 0.25) is 0 Å². The molecule has 6 rings (SSSR count). The molecule has 6 aromatic rings. The van der Waals surface area contributed by atoms with Gasteiger partial charge in [-0.05, 0) is 37.3 Å². The number of hydrogen-bond acceptors (Lipinski definition) is 5. The van der Waals surface area contributed by atoms with Gasteiger partial charge in [0.05, 0.1) is 15.9 Å². The first-order chi connectivity index (χ1) is 17.0. The summed E-state index contributed by atoms with van der Waals surface area (Å²) in [5, 5.41) is 9.32. The molecule has 0 N–H and O–H groups in total. The largest absolute Gasteiger partial charge is 0.291 e. The van der Waals surface area contributed by atoms with Gasteiger partial charge in [-0.15, -0.1) is 5.10 Å². The van der Waals surface area contributed by atoms with Crippen LogP contribution in [0.5, 0.6) is 0 Å². The highest BCUT2D eigenvalue weighted by Gasteiger charge is 2.15. The van der Waals surface area contributed by atoms with Gasteiger partial charge in [-0.25, -0.2) is 4.68 Å². The molecule has 3 aromatic heterocycles. The average Bonchev–Trinajstić information content (AvgIpc) is 3.56. The van der Waals surface area contributed by atoms with Crippen molar-refractivity contribution in [3.63, 3.8) is 0 Å². The third-order valence-electron chi connectivity index (χ3n) is 5.66. The van der Waals surface area contributed by atoms with Crippen molar-refractivity contribution in [2.45, 2.75) is 6.92 Å². The Balaban J connectivity index is 1.48. The maximum absolute atomic E-state index is 13.2.